The van der Waals surface area contributed by atoms with Gasteiger partial charge in [0.15, 0.2) is 0 Å². The number of rotatable bonds is 1. The second-order valence-electron chi connectivity index (χ2n) is 3.96. The van der Waals surface area contributed by atoms with Crippen molar-refractivity contribution in [1.82, 2.24) is 0 Å². The number of benzene rings is 1. The standard InChI is InChI=1S/C13H14N2O/c14-12(16)8-10-6-3-5-9-4-1-2-7-11(9)13(10)15/h1-2,4,7-8,15H,3,5-6H2,(H2,14,16)/b10-8-,15-13?. The number of carbonyl (C=O) groups excluding carboxylic acids is 1. The van der Waals surface area contributed by atoms with Crippen molar-refractivity contribution in [2.24, 2.45) is 5.73 Å². The predicted molar refractivity (Wildman–Crippen MR) is 63.5 cm³/mol. The van der Waals surface area contributed by atoms with E-state index >= 15 is 0 Å². The van der Waals surface area contributed by atoms with Crippen molar-refractivity contribution in [3.05, 3.63) is 47.0 Å². The first-order valence-corrected chi connectivity index (χ1v) is 5.35. The van der Waals surface area contributed by atoms with Gasteiger partial charge >= 0.3 is 0 Å². The molecule has 1 aliphatic carbocycles. The van der Waals surface area contributed by atoms with E-state index in [9.17, 15) is 4.79 Å². The second kappa shape index (κ2) is 4.31. The fourth-order valence-electron chi connectivity index (χ4n) is 2.07. The first kappa shape index (κ1) is 10.6. The lowest BCUT2D eigenvalue weighted by Gasteiger charge is -2.06. The molecule has 1 amide bonds. The maximum atomic E-state index is 10.9. The molecule has 16 heavy (non-hydrogen) atoms. The van der Waals surface area contributed by atoms with Crippen molar-refractivity contribution < 1.29 is 4.79 Å². The summed E-state index contributed by atoms with van der Waals surface area (Å²) in [5, 5.41) is 8.09. The predicted octanol–water partition coefficient (Wildman–Crippen LogP) is 1.80. The number of carbonyl (C=O) groups is 1. The summed E-state index contributed by atoms with van der Waals surface area (Å²) in [7, 11) is 0. The lowest BCUT2D eigenvalue weighted by molar-refractivity contribution is -0.113. The van der Waals surface area contributed by atoms with E-state index in [-0.39, 0.29) is 0 Å². The molecule has 1 aliphatic rings. The summed E-state index contributed by atoms with van der Waals surface area (Å²) in [6.07, 6.45) is 4.04. The van der Waals surface area contributed by atoms with E-state index in [4.69, 9.17) is 11.1 Å². The van der Waals surface area contributed by atoms with Gasteiger partial charge in [0.1, 0.15) is 0 Å². The Bertz CT molecular complexity index is 475. The third-order valence-electron chi connectivity index (χ3n) is 2.82. The quantitative estimate of drug-likeness (QED) is 0.543. The van der Waals surface area contributed by atoms with Crippen molar-refractivity contribution in [3.8, 4) is 0 Å². The molecule has 1 aromatic carbocycles. The van der Waals surface area contributed by atoms with Gasteiger partial charge in [-0.25, -0.2) is 0 Å². The zero-order valence-electron chi connectivity index (χ0n) is 8.99. The summed E-state index contributed by atoms with van der Waals surface area (Å²) in [4.78, 5) is 10.9. The van der Waals surface area contributed by atoms with Crippen LogP contribution in [0.15, 0.2) is 35.9 Å². The normalized spacial score (nSPS) is 18.0. The van der Waals surface area contributed by atoms with E-state index in [1.54, 1.807) is 0 Å². The molecule has 0 unspecified atom stereocenters. The summed E-state index contributed by atoms with van der Waals surface area (Å²) in [6, 6.07) is 7.87. The number of hydrogen-bond acceptors (Lipinski definition) is 2. The van der Waals surface area contributed by atoms with Crippen LogP contribution < -0.4 is 5.73 Å². The fraction of sp³-hybridized carbons (Fsp3) is 0.231. The number of nitrogens with one attached hydrogen (secondary N) is 1. The molecule has 3 heteroatoms. The van der Waals surface area contributed by atoms with Crippen molar-refractivity contribution in [2.45, 2.75) is 19.3 Å². The van der Waals surface area contributed by atoms with Gasteiger partial charge in [0, 0.05) is 11.6 Å². The van der Waals surface area contributed by atoms with Crippen molar-refractivity contribution in [2.75, 3.05) is 0 Å². The van der Waals surface area contributed by atoms with Crippen molar-refractivity contribution in [1.29, 1.82) is 5.41 Å². The number of nitrogens with two attached hydrogens (primary N) is 1. The number of primary amides is 1. The number of hydrogen-bond donors (Lipinski definition) is 2. The highest BCUT2D eigenvalue weighted by Gasteiger charge is 2.16. The van der Waals surface area contributed by atoms with Crippen LogP contribution in [-0.4, -0.2) is 11.6 Å². The molecule has 0 saturated carbocycles. The lowest BCUT2D eigenvalue weighted by atomic mass is 9.99. The van der Waals surface area contributed by atoms with Crippen LogP contribution >= 0.6 is 0 Å². The van der Waals surface area contributed by atoms with E-state index in [1.165, 1.54) is 11.6 Å². The number of aryl methyl sites for hydroxylation is 1. The van der Waals surface area contributed by atoms with Crippen LogP contribution in [0.2, 0.25) is 0 Å². The molecule has 0 atom stereocenters. The number of allylic oxidation sites excluding steroid dienone is 1. The summed E-state index contributed by atoms with van der Waals surface area (Å²) >= 11 is 0. The van der Waals surface area contributed by atoms with Crippen LogP contribution in [0.5, 0.6) is 0 Å². The fourth-order valence-corrected chi connectivity index (χ4v) is 2.07. The van der Waals surface area contributed by atoms with E-state index in [1.807, 2.05) is 24.3 Å². The summed E-state index contributed by atoms with van der Waals surface area (Å²) in [5.74, 6) is -0.473. The summed E-state index contributed by atoms with van der Waals surface area (Å²) in [6.45, 7) is 0. The van der Waals surface area contributed by atoms with E-state index in [0.717, 1.165) is 30.4 Å². The molecule has 1 aromatic rings. The van der Waals surface area contributed by atoms with Crippen LogP contribution in [0.25, 0.3) is 0 Å². The van der Waals surface area contributed by atoms with Crippen molar-refractivity contribution in [3.63, 3.8) is 0 Å². The maximum Gasteiger partial charge on any atom is 0.241 e. The third kappa shape index (κ3) is 2.03. The first-order valence-electron chi connectivity index (χ1n) is 5.35. The average Bonchev–Trinajstić information content (AvgIpc) is 2.40. The molecular weight excluding hydrogens is 200 g/mol. The SMILES string of the molecule is N=C1/C(=C\C(N)=O)CCCc2ccccc21. The Balaban J connectivity index is 2.45. The second-order valence-corrected chi connectivity index (χ2v) is 3.96. The summed E-state index contributed by atoms with van der Waals surface area (Å²) in [5.41, 5.74) is 8.43. The molecule has 3 nitrogen and oxygen atoms in total. The maximum absolute atomic E-state index is 10.9. The van der Waals surface area contributed by atoms with Crippen LogP contribution in [0.3, 0.4) is 0 Å². The van der Waals surface area contributed by atoms with Crippen LogP contribution in [-0.2, 0) is 11.2 Å². The third-order valence-corrected chi connectivity index (χ3v) is 2.82. The monoisotopic (exact) mass is 214 g/mol. The molecular formula is C13H14N2O. The smallest absolute Gasteiger partial charge is 0.241 e. The Hall–Kier alpha value is -1.90. The Morgan fingerprint density at radius 2 is 2.06 bits per heavy atom. The van der Waals surface area contributed by atoms with Gasteiger partial charge in [0.05, 0.1) is 5.71 Å². The van der Waals surface area contributed by atoms with Crippen LogP contribution in [0.1, 0.15) is 24.0 Å². The number of amides is 1. The average molecular weight is 214 g/mol. The van der Waals surface area contributed by atoms with Gasteiger partial charge in [-0.15, -0.1) is 0 Å². The summed E-state index contributed by atoms with van der Waals surface area (Å²) < 4.78 is 0. The topological polar surface area (TPSA) is 66.9 Å². The molecule has 0 heterocycles. The highest BCUT2D eigenvalue weighted by atomic mass is 16.1. The minimum Gasteiger partial charge on any atom is -0.366 e. The molecule has 0 radical (unpaired) electrons. The van der Waals surface area contributed by atoms with Gasteiger partial charge < -0.3 is 5.73 Å². The Morgan fingerprint density at radius 3 is 2.81 bits per heavy atom. The zero-order valence-corrected chi connectivity index (χ0v) is 8.99. The Kier molecular flexibility index (Phi) is 2.86. The molecule has 0 fully saturated rings. The Labute approximate surface area is 94.5 Å². The largest absolute Gasteiger partial charge is 0.366 e. The lowest BCUT2D eigenvalue weighted by Crippen LogP contribution is -2.11. The molecule has 82 valence electrons. The van der Waals surface area contributed by atoms with Gasteiger partial charge in [0.25, 0.3) is 0 Å². The first-order chi connectivity index (χ1) is 7.68. The van der Waals surface area contributed by atoms with E-state index in [0.29, 0.717) is 5.71 Å². The molecule has 0 bridgehead atoms. The van der Waals surface area contributed by atoms with Gasteiger partial charge in [-0.1, -0.05) is 24.3 Å². The molecule has 2 rings (SSSR count). The Morgan fingerprint density at radius 1 is 1.31 bits per heavy atom. The molecule has 0 aromatic heterocycles. The van der Waals surface area contributed by atoms with E-state index in [2.05, 4.69) is 0 Å². The molecule has 3 N–H and O–H groups in total. The zero-order chi connectivity index (χ0) is 11.5. The minimum atomic E-state index is -0.473. The highest BCUT2D eigenvalue weighted by Crippen LogP contribution is 2.23. The minimum absolute atomic E-state index is 0.437. The van der Waals surface area contributed by atoms with Gasteiger partial charge in [0.2, 0.25) is 5.91 Å². The van der Waals surface area contributed by atoms with E-state index < -0.39 is 5.91 Å². The van der Waals surface area contributed by atoms with Gasteiger partial charge in [-0.2, -0.15) is 0 Å². The number of fused-ring (bicyclic) bond motifs is 1. The van der Waals surface area contributed by atoms with Gasteiger partial charge in [-0.3, -0.25) is 10.2 Å². The van der Waals surface area contributed by atoms with Crippen LogP contribution in [0, 0.1) is 5.41 Å². The molecule has 0 aliphatic heterocycles. The van der Waals surface area contributed by atoms with Gasteiger partial charge in [-0.05, 0) is 30.4 Å². The van der Waals surface area contributed by atoms with Crippen LogP contribution in [0.4, 0.5) is 0 Å². The molecule has 0 saturated heterocycles. The van der Waals surface area contributed by atoms with Crippen molar-refractivity contribution >= 4 is 11.6 Å². The highest BCUT2D eigenvalue weighted by molar-refractivity contribution is 6.14. The molecule has 0 spiro atoms.